The molecule has 0 aliphatic rings. The lowest BCUT2D eigenvalue weighted by Crippen LogP contribution is -2.03. The summed E-state index contributed by atoms with van der Waals surface area (Å²) in [6, 6.07) is 16.4. The molecular formula is C31H48O5S. The predicted molar refractivity (Wildman–Crippen MR) is 154 cm³/mol. The van der Waals surface area contributed by atoms with Crippen molar-refractivity contribution in [2.24, 2.45) is 0 Å². The molecule has 0 heterocycles. The minimum atomic E-state index is -3.82. The second kappa shape index (κ2) is 19.1. The lowest BCUT2D eigenvalue weighted by atomic mass is 10.0. The largest absolute Gasteiger partial charge is 0.493 e. The van der Waals surface area contributed by atoms with Crippen molar-refractivity contribution in [1.82, 2.24) is 0 Å². The lowest BCUT2D eigenvalue weighted by molar-refractivity contribution is 0.292. The Kier molecular flexibility index (Phi) is 16.1. The van der Waals surface area contributed by atoms with Crippen molar-refractivity contribution < 1.29 is 22.4 Å². The molecule has 0 radical (unpaired) electrons. The highest BCUT2D eigenvalue weighted by Gasteiger charge is 2.13. The Morgan fingerprint density at radius 2 is 1.05 bits per heavy atom. The van der Waals surface area contributed by atoms with Gasteiger partial charge in [-0.1, -0.05) is 120 Å². The average Bonchev–Trinajstić information content (AvgIpc) is 2.88. The third-order valence-corrected chi connectivity index (χ3v) is 7.41. The van der Waals surface area contributed by atoms with Crippen LogP contribution in [0.2, 0.25) is 0 Å². The van der Waals surface area contributed by atoms with Gasteiger partial charge in [0.2, 0.25) is 0 Å². The van der Waals surface area contributed by atoms with E-state index in [1.807, 2.05) is 36.4 Å². The van der Waals surface area contributed by atoms with Crippen LogP contribution < -0.4 is 9.47 Å². The summed E-state index contributed by atoms with van der Waals surface area (Å²) < 4.78 is 42.8. The van der Waals surface area contributed by atoms with E-state index in [-0.39, 0.29) is 5.75 Å². The molecule has 0 atom stereocenters. The molecule has 0 aliphatic carbocycles. The van der Waals surface area contributed by atoms with Gasteiger partial charge in [0.05, 0.1) is 24.5 Å². The molecule has 0 fully saturated rings. The van der Waals surface area contributed by atoms with E-state index in [0.717, 1.165) is 74.2 Å². The van der Waals surface area contributed by atoms with Crippen LogP contribution in [0.25, 0.3) is 11.1 Å². The van der Waals surface area contributed by atoms with Crippen LogP contribution in [0.1, 0.15) is 103 Å². The molecule has 1 N–H and O–H groups in total. The van der Waals surface area contributed by atoms with E-state index in [4.69, 9.17) is 14.0 Å². The molecule has 37 heavy (non-hydrogen) atoms. The first kappa shape index (κ1) is 31.2. The smallest absolute Gasteiger partial charge is 0.264 e. The maximum Gasteiger partial charge on any atom is 0.264 e. The predicted octanol–water partition coefficient (Wildman–Crippen LogP) is 8.87. The van der Waals surface area contributed by atoms with Gasteiger partial charge >= 0.3 is 0 Å². The quantitative estimate of drug-likeness (QED) is 0.121. The van der Waals surface area contributed by atoms with E-state index >= 15 is 0 Å². The van der Waals surface area contributed by atoms with Gasteiger partial charge in [-0.05, 0) is 37.0 Å². The van der Waals surface area contributed by atoms with Crippen LogP contribution in [-0.2, 0) is 10.1 Å². The van der Waals surface area contributed by atoms with Crippen molar-refractivity contribution in [1.29, 1.82) is 0 Å². The Labute approximate surface area is 225 Å². The second-order valence-corrected chi connectivity index (χ2v) is 11.5. The second-order valence-electron chi connectivity index (χ2n) is 9.93. The zero-order chi connectivity index (χ0) is 26.6. The first-order chi connectivity index (χ1) is 18.0. The topological polar surface area (TPSA) is 72.8 Å². The fourth-order valence-electron chi connectivity index (χ4n) is 4.51. The normalized spacial score (nSPS) is 11.5. The molecule has 2 aromatic carbocycles. The van der Waals surface area contributed by atoms with Crippen LogP contribution in [0.15, 0.2) is 48.5 Å². The summed E-state index contributed by atoms with van der Waals surface area (Å²) in [7, 11) is -3.82. The van der Waals surface area contributed by atoms with Crippen LogP contribution in [-0.4, -0.2) is 31.9 Å². The summed E-state index contributed by atoms with van der Waals surface area (Å²) in [6.45, 7) is 3.64. The van der Waals surface area contributed by atoms with Gasteiger partial charge in [0, 0.05) is 0 Å². The number of hydrogen-bond donors (Lipinski definition) is 1. The number of rotatable bonds is 22. The molecule has 0 spiro atoms. The third-order valence-electron chi connectivity index (χ3n) is 6.61. The molecule has 6 heteroatoms. The molecule has 2 aromatic rings. The Hall–Kier alpha value is -2.05. The third kappa shape index (κ3) is 14.5. The average molecular weight is 533 g/mol. The summed E-state index contributed by atoms with van der Waals surface area (Å²) in [4.78, 5) is 0. The zero-order valence-electron chi connectivity index (χ0n) is 22.8. The van der Waals surface area contributed by atoms with Crippen LogP contribution in [0.4, 0.5) is 0 Å². The van der Waals surface area contributed by atoms with E-state index in [1.165, 1.54) is 44.9 Å². The highest BCUT2D eigenvalue weighted by molar-refractivity contribution is 7.85. The molecule has 5 nitrogen and oxygen atoms in total. The maximum absolute atomic E-state index is 10.8. The lowest BCUT2D eigenvalue weighted by Gasteiger charge is -2.17. The van der Waals surface area contributed by atoms with E-state index in [9.17, 15) is 8.42 Å². The Bertz CT molecular complexity index is 943. The van der Waals surface area contributed by atoms with Crippen molar-refractivity contribution >= 4 is 10.1 Å². The van der Waals surface area contributed by atoms with E-state index in [1.54, 1.807) is 0 Å². The first-order valence-corrected chi connectivity index (χ1v) is 16.0. The molecule has 0 aromatic heterocycles. The van der Waals surface area contributed by atoms with Crippen molar-refractivity contribution in [3.8, 4) is 22.6 Å². The van der Waals surface area contributed by atoms with Crippen molar-refractivity contribution in [3.63, 3.8) is 0 Å². The monoisotopic (exact) mass is 532 g/mol. The molecular weight excluding hydrogens is 484 g/mol. The maximum atomic E-state index is 10.8. The van der Waals surface area contributed by atoms with E-state index in [0.29, 0.717) is 13.0 Å². The van der Waals surface area contributed by atoms with Crippen LogP contribution in [0.3, 0.4) is 0 Å². The highest BCUT2D eigenvalue weighted by atomic mass is 32.2. The van der Waals surface area contributed by atoms with E-state index < -0.39 is 10.1 Å². The molecule has 208 valence electrons. The van der Waals surface area contributed by atoms with Gasteiger partial charge in [0.1, 0.15) is 11.5 Å². The van der Waals surface area contributed by atoms with Gasteiger partial charge in [-0.15, -0.1) is 0 Å². The molecule has 0 saturated carbocycles. The fourth-order valence-corrected chi connectivity index (χ4v) is 5.08. The van der Waals surface area contributed by atoms with Crippen molar-refractivity contribution in [2.45, 2.75) is 103 Å². The van der Waals surface area contributed by atoms with Gasteiger partial charge in [-0.2, -0.15) is 8.42 Å². The number of hydrogen-bond acceptors (Lipinski definition) is 4. The Morgan fingerprint density at radius 1 is 0.595 bits per heavy atom. The Morgan fingerprint density at radius 3 is 1.54 bits per heavy atom. The molecule has 0 saturated heterocycles. The van der Waals surface area contributed by atoms with Gasteiger partial charge in [-0.25, -0.2) is 0 Å². The van der Waals surface area contributed by atoms with Gasteiger partial charge in [0.25, 0.3) is 10.1 Å². The molecule has 0 bridgehead atoms. The first-order valence-electron chi connectivity index (χ1n) is 14.4. The van der Waals surface area contributed by atoms with Crippen LogP contribution in [0.5, 0.6) is 11.5 Å². The van der Waals surface area contributed by atoms with Crippen molar-refractivity contribution in [2.75, 3.05) is 19.0 Å². The summed E-state index contributed by atoms with van der Waals surface area (Å²) in [6.07, 6.45) is 16.8. The van der Waals surface area contributed by atoms with Gasteiger partial charge in [-0.3, -0.25) is 4.55 Å². The standard InChI is InChI=1S/C31H48O5S/c1-2-3-4-5-6-8-11-17-25-35-29-23-20-24-30(31(29)28-21-15-14-16-22-28)36-26-18-12-9-7-10-13-19-27-37(32,33)34/h14-16,20-24H,2-13,17-19,25-27H2,1H3,(H,32,33,34). The zero-order valence-corrected chi connectivity index (χ0v) is 23.7. The minimum absolute atomic E-state index is 0.132. The van der Waals surface area contributed by atoms with Gasteiger partial charge in [0.15, 0.2) is 0 Å². The van der Waals surface area contributed by atoms with Crippen LogP contribution >= 0.6 is 0 Å². The van der Waals surface area contributed by atoms with E-state index in [2.05, 4.69) is 19.1 Å². The van der Waals surface area contributed by atoms with Crippen LogP contribution in [0, 0.1) is 0 Å². The number of unbranched alkanes of at least 4 members (excludes halogenated alkanes) is 13. The highest BCUT2D eigenvalue weighted by Crippen LogP contribution is 2.38. The molecule has 0 aliphatic heterocycles. The fraction of sp³-hybridized carbons (Fsp3) is 0.613. The number of benzene rings is 2. The Balaban J connectivity index is 1.76. The summed E-state index contributed by atoms with van der Waals surface area (Å²) in [5.74, 6) is 1.62. The number of ether oxygens (including phenoxy) is 2. The summed E-state index contributed by atoms with van der Waals surface area (Å²) in [5, 5.41) is 0. The minimum Gasteiger partial charge on any atom is -0.493 e. The van der Waals surface area contributed by atoms with Crippen molar-refractivity contribution in [3.05, 3.63) is 48.5 Å². The summed E-state index contributed by atoms with van der Waals surface area (Å²) in [5.41, 5.74) is 2.13. The molecule has 0 amide bonds. The summed E-state index contributed by atoms with van der Waals surface area (Å²) >= 11 is 0. The van der Waals surface area contributed by atoms with Gasteiger partial charge < -0.3 is 9.47 Å². The SMILES string of the molecule is CCCCCCCCCCOc1cccc(OCCCCCCCCCS(=O)(=O)O)c1-c1ccccc1. The molecule has 2 rings (SSSR count). The molecule has 0 unspecified atom stereocenters.